The van der Waals surface area contributed by atoms with Crippen molar-refractivity contribution in [3.05, 3.63) is 30.1 Å². The molecule has 0 unspecified atom stereocenters. The molecule has 1 aliphatic carbocycles. The highest BCUT2D eigenvalue weighted by Crippen LogP contribution is 2.35. The number of amides is 1. The summed E-state index contributed by atoms with van der Waals surface area (Å²) in [6.45, 7) is 1.38. The topological polar surface area (TPSA) is 32.3 Å². The second-order valence-corrected chi connectivity index (χ2v) is 6.25. The molecule has 4 heteroatoms. The molecule has 1 saturated carbocycles. The lowest BCUT2D eigenvalue weighted by Crippen LogP contribution is -2.49. The van der Waals surface area contributed by atoms with Gasteiger partial charge in [-0.05, 0) is 50.3 Å². The Morgan fingerprint density at radius 1 is 1.19 bits per heavy atom. The summed E-state index contributed by atoms with van der Waals surface area (Å²) in [6, 6.07) is 6.89. The fourth-order valence-electron chi connectivity index (χ4n) is 3.86. The van der Waals surface area contributed by atoms with E-state index in [9.17, 15) is 9.18 Å². The van der Waals surface area contributed by atoms with E-state index in [2.05, 4.69) is 10.2 Å². The van der Waals surface area contributed by atoms with Gasteiger partial charge in [0.05, 0.1) is 12.2 Å². The number of nitrogens with zero attached hydrogens (tertiary/aromatic N) is 1. The van der Waals surface area contributed by atoms with Gasteiger partial charge in [-0.25, -0.2) is 4.39 Å². The van der Waals surface area contributed by atoms with Crippen LogP contribution in [0.1, 0.15) is 38.5 Å². The number of hydrogen-bond donors (Lipinski definition) is 1. The Labute approximate surface area is 125 Å². The van der Waals surface area contributed by atoms with E-state index in [-0.39, 0.29) is 17.4 Å². The van der Waals surface area contributed by atoms with E-state index in [1.807, 2.05) is 0 Å². The molecule has 0 radical (unpaired) electrons. The minimum Gasteiger partial charge on any atom is -0.322 e. The molecule has 0 spiro atoms. The van der Waals surface area contributed by atoms with Crippen LogP contribution in [-0.2, 0) is 4.79 Å². The molecule has 1 heterocycles. The van der Waals surface area contributed by atoms with Crippen LogP contribution >= 0.6 is 0 Å². The van der Waals surface area contributed by atoms with E-state index >= 15 is 0 Å². The third-order valence-corrected chi connectivity index (χ3v) is 4.85. The molecule has 1 amide bonds. The third kappa shape index (κ3) is 3.43. The van der Waals surface area contributed by atoms with Crippen molar-refractivity contribution >= 4 is 11.6 Å². The number of piperidine rings is 1. The highest BCUT2D eigenvalue weighted by molar-refractivity contribution is 5.92. The van der Waals surface area contributed by atoms with Gasteiger partial charge in [-0.1, -0.05) is 25.0 Å². The van der Waals surface area contributed by atoms with Crippen LogP contribution < -0.4 is 5.32 Å². The van der Waals surface area contributed by atoms with Crippen LogP contribution in [0.2, 0.25) is 0 Å². The van der Waals surface area contributed by atoms with Gasteiger partial charge >= 0.3 is 0 Å². The molecule has 1 aromatic carbocycles. The highest BCUT2D eigenvalue weighted by Gasteiger charge is 2.33. The molecule has 1 aliphatic heterocycles. The van der Waals surface area contributed by atoms with Crippen molar-refractivity contribution in [1.82, 2.24) is 4.90 Å². The minimum atomic E-state index is -0.375. The third-order valence-electron chi connectivity index (χ3n) is 4.85. The number of fused-ring (bicyclic) bond motifs is 1. The predicted octanol–water partition coefficient (Wildman–Crippen LogP) is 3.42. The van der Waals surface area contributed by atoms with Gasteiger partial charge < -0.3 is 5.32 Å². The van der Waals surface area contributed by atoms with E-state index < -0.39 is 0 Å². The van der Waals surface area contributed by atoms with Crippen molar-refractivity contribution in [2.24, 2.45) is 5.92 Å². The van der Waals surface area contributed by atoms with Crippen LogP contribution in [0, 0.1) is 11.7 Å². The predicted molar refractivity (Wildman–Crippen MR) is 81.6 cm³/mol. The fraction of sp³-hybridized carbons (Fsp3) is 0.588. The number of hydrogen-bond acceptors (Lipinski definition) is 2. The van der Waals surface area contributed by atoms with Crippen LogP contribution in [0.3, 0.4) is 0 Å². The molecule has 0 bridgehead atoms. The van der Waals surface area contributed by atoms with Crippen molar-refractivity contribution in [2.75, 3.05) is 18.4 Å². The molecule has 1 saturated heterocycles. The number of anilines is 1. The van der Waals surface area contributed by atoms with E-state index in [0.717, 1.165) is 12.5 Å². The zero-order valence-corrected chi connectivity index (χ0v) is 12.4. The molecule has 3 nitrogen and oxygen atoms in total. The summed E-state index contributed by atoms with van der Waals surface area (Å²) < 4.78 is 13.6. The largest absolute Gasteiger partial charge is 0.322 e. The Morgan fingerprint density at radius 2 is 1.95 bits per heavy atom. The Bertz CT molecular complexity index is 503. The Kier molecular flexibility index (Phi) is 4.54. The smallest absolute Gasteiger partial charge is 0.238 e. The monoisotopic (exact) mass is 290 g/mol. The molecule has 0 aromatic heterocycles. The summed E-state index contributed by atoms with van der Waals surface area (Å²) in [6.07, 6.45) is 7.58. The molecule has 114 valence electrons. The summed E-state index contributed by atoms with van der Waals surface area (Å²) in [7, 11) is 0. The molecule has 1 N–H and O–H groups in total. The molecular formula is C17H23FN2O. The SMILES string of the molecule is O=C(CN1CCC[C@@H]2CCCC[C@@H]21)Nc1ccccc1F. The first kappa shape index (κ1) is 14.5. The standard InChI is InChI=1S/C17H23FN2O/c18-14-8-2-3-9-15(14)19-17(21)12-20-11-5-7-13-6-1-4-10-16(13)20/h2-3,8-9,13,16H,1,4-7,10-12H2,(H,19,21)/t13-,16-/m0/s1. The number of para-hydroxylation sites is 1. The summed E-state index contributed by atoms with van der Waals surface area (Å²) in [4.78, 5) is 14.5. The molecule has 1 aromatic rings. The van der Waals surface area contributed by atoms with Gasteiger partial charge in [0, 0.05) is 6.04 Å². The fourth-order valence-corrected chi connectivity index (χ4v) is 3.86. The number of carbonyl (C=O) groups is 1. The maximum Gasteiger partial charge on any atom is 0.238 e. The van der Waals surface area contributed by atoms with Crippen LogP contribution in [0.25, 0.3) is 0 Å². The zero-order chi connectivity index (χ0) is 14.7. The van der Waals surface area contributed by atoms with Gasteiger partial charge in [0.2, 0.25) is 5.91 Å². The Hall–Kier alpha value is -1.42. The Morgan fingerprint density at radius 3 is 2.81 bits per heavy atom. The average molecular weight is 290 g/mol. The van der Waals surface area contributed by atoms with E-state index in [4.69, 9.17) is 0 Å². The van der Waals surface area contributed by atoms with Crippen molar-refractivity contribution in [1.29, 1.82) is 0 Å². The van der Waals surface area contributed by atoms with Gasteiger partial charge in [0.15, 0.2) is 0 Å². The maximum absolute atomic E-state index is 13.6. The first-order valence-electron chi connectivity index (χ1n) is 8.02. The van der Waals surface area contributed by atoms with E-state index in [1.165, 1.54) is 44.6 Å². The van der Waals surface area contributed by atoms with Crippen molar-refractivity contribution in [2.45, 2.75) is 44.6 Å². The van der Waals surface area contributed by atoms with Crippen molar-refractivity contribution in [3.63, 3.8) is 0 Å². The second-order valence-electron chi connectivity index (χ2n) is 6.25. The lowest BCUT2D eigenvalue weighted by molar-refractivity contribution is -0.119. The zero-order valence-electron chi connectivity index (χ0n) is 12.4. The van der Waals surface area contributed by atoms with Crippen molar-refractivity contribution < 1.29 is 9.18 Å². The van der Waals surface area contributed by atoms with Gasteiger partial charge in [0.25, 0.3) is 0 Å². The van der Waals surface area contributed by atoms with Crippen LogP contribution in [0.5, 0.6) is 0 Å². The lowest BCUT2D eigenvalue weighted by Gasteiger charge is -2.43. The van der Waals surface area contributed by atoms with E-state index in [0.29, 0.717) is 12.6 Å². The van der Waals surface area contributed by atoms with Gasteiger partial charge in [0.1, 0.15) is 5.82 Å². The first-order valence-corrected chi connectivity index (χ1v) is 8.02. The lowest BCUT2D eigenvalue weighted by atomic mass is 9.78. The normalized spacial score (nSPS) is 26.1. The molecular weight excluding hydrogens is 267 g/mol. The summed E-state index contributed by atoms with van der Waals surface area (Å²) >= 11 is 0. The van der Waals surface area contributed by atoms with Crippen LogP contribution in [0.4, 0.5) is 10.1 Å². The van der Waals surface area contributed by atoms with Crippen LogP contribution in [0.15, 0.2) is 24.3 Å². The minimum absolute atomic E-state index is 0.105. The number of benzene rings is 1. The summed E-state index contributed by atoms with van der Waals surface area (Å²) in [5.74, 6) is 0.278. The van der Waals surface area contributed by atoms with E-state index in [1.54, 1.807) is 18.2 Å². The second kappa shape index (κ2) is 6.56. The number of rotatable bonds is 3. The quantitative estimate of drug-likeness (QED) is 0.925. The molecule has 2 fully saturated rings. The highest BCUT2D eigenvalue weighted by atomic mass is 19.1. The average Bonchev–Trinajstić information content (AvgIpc) is 2.50. The number of carbonyl (C=O) groups excluding carboxylic acids is 1. The first-order chi connectivity index (χ1) is 10.2. The molecule has 2 aliphatic rings. The Balaban J connectivity index is 1.60. The molecule has 2 atom stereocenters. The van der Waals surface area contributed by atoms with Gasteiger partial charge in [-0.3, -0.25) is 9.69 Å². The maximum atomic E-state index is 13.6. The molecule has 3 rings (SSSR count). The number of likely N-dealkylation sites (tertiary alicyclic amines) is 1. The van der Waals surface area contributed by atoms with Crippen molar-refractivity contribution in [3.8, 4) is 0 Å². The summed E-state index contributed by atoms with van der Waals surface area (Å²) in [5, 5.41) is 2.70. The summed E-state index contributed by atoms with van der Waals surface area (Å²) in [5.41, 5.74) is 0.278. The van der Waals surface area contributed by atoms with Gasteiger partial charge in [-0.2, -0.15) is 0 Å². The molecule has 21 heavy (non-hydrogen) atoms. The van der Waals surface area contributed by atoms with Crippen LogP contribution in [-0.4, -0.2) is 29.9 Å². The number of nitrogens with one attached hydrogen (secondary N) is 1. The number of halogens is 1. The van der Waals surface area contributed by atoms with Gasteiger partial charge in [-0.15, -0.1) is 0 Å².